The molecule has 0 aliphatic heterocycles. The van der Waals surface area contributed by atoms with Gasteiger partial charge in [0.05, 0.1) is 11.0 Å². The fraction of sp³-hybridized carbons (Fsp3) is 0. The molecule has 2 heterocycles. The maximum Gasteiger partial charge on any atom is 0.220 e. The zero-order valence-corrected chi connectivity index (χ0v) is 8.00. The van der Waals surface area contributed by atoms with E-state index in [1.165, 1.54) is 11.7 Å². The second kappa shape index (κ2) is 2.36. The topological polar surface area (TPSA) is 57.4 Å². The number of benzene rings is 1. The summed E-state index contributed by atoms with van der Waals surface area (Å²) in [7, 11) is 0. The third-order valence-electron chi connectivity index (χ3n) is 1.89. The van der Waals surface area contributed by atoms with Gasteiger partial charge in [0.1, 0.15) is 11.0 Å². The zero-order valence-electron chi connectivity index (χ0n) is 6.37. The van der Waals surface area contributed by atoms with Gasteiger partial charge in [0, 0.05) is 11.7 Å². The average molecular weight is 208 g/mol. The molecule has 0 aliphatic rings. The summed E-state index contributed by atoms with van der Waals surface area (Å²) in [6.45, 7) is 0. The highest BCUT2D eigenvalue weighted by Gasteiger charge is 2.05. The first-order valence-corrected chi connectivity index (χ1v) is 4.89. The molecule has 0 saturated carbocycles. The van der Waals surface area contributed by atoms with Crippen LogP contribution in [0.3, 0.4) is 0 Å². The van der Waals surface area contributed by atoms with E-state index < -0.39 is 0 Å². The Kier molecular flexibility index (Phi) is 1.30. The van der Waals surface area contributed by atoms with Crippen LogP contribution in [0.15, 0.2) is 12.1 Å². The zero-order chi connectivity index (χ0) is 8.84. The number of hydrogen-bond acceptors (Lipinski definition) is 4. The minimum absolute atomic E-state index is 0.405. The monoisotopic (exact) mass is 208 g/mol. The van der Waals surface area contributed by atoms with Crippen molar-refractivity contribution in [2.24, 2.45) is 0 Å². The van der Waals surface area contributed by atoms with Crippen LogP contribution in [0.2, 0.25) is 0 Å². The fourth-order valence-electron chi connectivity index (χ4n) is 1.33. The number of hydrogen-bond donors (Lipinski definition) is 2. The van der Waals surface area contributed by atoms with Crippen molar-refractivity contribution < 1.29 is 0 Å². The molecule has 64 valence electrons. The van der Waals surface area contributed by atoms with Crippen LogP contribution in [0.1, 0.15) is 0 Å². The van der Waals surface area contributed by atoms with Crippen molar-refractivity contribution in [3.05, 3.63) is 16.9 Å². The number of aromatic amines is 2. The molecule has 0 saturated heterocycles. The van der Waals surface area contributed by atoms with Crippen LogP contribution in [0.5, 0.6) is 0 Å². The summed E-state index contributed by atoms with van der Waals surface area (Å²) in [4.78, 5) is 8.29. The fourth-order valence-corrected chi connectivity index (χ4v) is 2.16. The lowest BCUT2D eigenvalue weighted by molar-refractivity contribution is 1.30. The summed E-state index contributed by atoms with van der Waals surface area (Å²) in [6, 6.07) is 3.88. The number of H-pyrrole nitrogens is 2. The summed E-state index contributed by atoms with van der Waals surface area (Å²) in [5.41, 5.74) is 3.71. The maximum absolute atomic E-state index is 4.91. The highest BCUT2D eigenvalue weighted by Crippen LogP contribution is 2.20. The Bertz CT molecular complexity index is 632. The normalized spacial score (nSPS) is 11.4. The van der Waals surface area contributed by atoms with Gasteiger partial charge in [-0.05, 0) is 24.4 Å². The summed E-state index contributed by atoms with van der Waals surface area (Å²) in [6.07, 6.45) is 0. The summed E-state index contributed by atoms with van der Waals surface area (Å²) < 4.78 is 6.62. The van der Waals surface area contributed by atoms with Crippen molar-refractivity contribution in [2.45, 2.75) is 0 Å². The lowest BCUT2D eigenvalue weighted by Gasteiger charge is -1.87. The molecule has 2 aromatic heterocycles. The SMILES string of the molecule is S=c1nc2ccc3[nH]s[nH]c3c2n1. The molecule has 13 heavy (non-hydrogen) atoms. The molecule has 0 aliphatic carbocycles. The van der Waals surface area contributed by atoms with E-state index in [1.54, 1.807) is 0 Å². The number of aromatic nitrogens is 4. The number of rotatable bonds is 0. The van der Waals surface area contributed by atoms with Crippen molar-refractivity contribution in [1.82, 2.24) is 18.7 Å². The highest BCUT2D eigenvalue weighted by atomic mass is 32.1. The Morgan fingerprint density at radius 1 is 1.23 bits per heavy atom. The molecule has 3 rings (SSSR count). The van der Waals surface area contributed by atoms with Crippen LogP contribution in [0, 0.1) is 4.77 Å². The average Bonchev–Trinajstić information content (AvgIpc) is 2.65. The minimum atomic E-state index is 0.405. The van der Waals surface area contributed by atoms with E-state index in [0.29, 0.717) is 4.77 Å². The van der Waals surface area contributed by atoms with E-state index in [9.17, 15) is 0 Å². The molecule has 0 radical (unpaired) electrons. The number of imidazole rings is 1. The largest absolute Gasteiger partial charge is 0.295 e. The van der Waals surface area contributed by atoms with Gasteiger partial charge in [0.25, 0.3) is 0 Å². The molecule has 2 N–H and O–H groups in total. The van der Waals surface area contributed by atoms with E-state index in [1.807, 2.05) is 12.1 Å². The Morgan fingerprint density at radius 3 is 3.08 bits per heavy atom. The van der Waals surface area contributed by atoms with Crippen LogP contribution in [0.4, 0.5) is 0 Å². The van der Waals surface area contributed by atoms with E-state index in [2.05, 4.69) is 18.7 Å². The van der Waals surface area contributed by atoms with Crippen LogP contribution in [-0.2, 0) is 0 Å². The molecule has 0 spiro atoms. The molecule has 4 nitrogen and oxygen atoms in total. The molecule has 3 aromatic rings. The lowest BCUT2D eigenvalue weighted by atomic mass is 10.3. The Hall–Kier alpha value is -1.27. The molecule has 0 unspecified atom stereocenters. The molecule has 0 fully saturated rings. The van der Waals surface area contributed by atoms with Crippen LogP contribution in [-0.4, -0.2) is 18.7 Å². The van der Waals surface area contributed by atoms with Gasteiger partial charge < -0.3 is 0 Å². The number of nitrogens with zero attached hydrogens (tertiary/aromatic N) is 2. The number of fused-ring (bicyclic) bond motifs is 3. The molecule has 0 bridgehead atoms. The van der Waals surface area contributed by atoms with E-state index in [0.717, 1.165) is 22.1 Å². The van der Waals surface area contributed by atoms with Gasteiger partial charge in [-0.25, -0.2) is 9.97 Å². The van der Waals surface area contributed by atoms with E-state index in [-0.39, 0.29) is 0 Å². The third kappa shape index (κ3) is 0.925. The lowest BCUT2D eigenvalue weighted by Crippen LogP contribution is -1.72. The first kappa shape index (κ1) is 7.16. The quantitative estimate of drug-likeness (QED) is 0.557. The molecule has 1 aromatic carbocycles. The van der Waals surface area contributed by atoms with Crippen LogP contribution < -0.4 is 0 Å². The van der Waals surface area contributed by atoms with Gasteiger partial charge in [0.15, 0.2) is 0 Å². The minimum Gasteiger partial charge on any atom is -0.295 e. The maximum atomic E-state index is 4.91. The van der Waals surface area contributed by atoms with Gasteiger partial charge in [-0.15, -0.1) is 0 Å². The van der Waals surface area contributed by atoms with Crippen molar-refractivity contribution in [3.8, 4) is 0 Å². The second-order valence-corrected chi connectivity index (χ2v) is 3.65. The van der Waals surface area contributed by atoms with Crippen molar-refractivity contribution >= 4 is 46.0 Å². The van der Waals surface area contributed by atoms with E-state index >= 15 is 0 Å². The van der Waals surface area contributed by atoms with Gasteiger partial charge in [0.2, 0.25) is 4.77 Å². The Labute approximate surface area is 81.9 Å². The van der Waals surface area contributed by atoms with Crippen molar-refractivity contribution in [2.75, 3.05) is 0 Å². The van der Waals surface area contributed by atoms with Gasteiger partial charge in [-0.3, -0.25) is 8.75 Å². The van der Waals surface area contributed by atoms with Crippen molar-refractivity contribution in [3.63, 3.8) is 0 Å². The number of nitrogens with one attached hydrogen (secondary N) is 2. The van der Waals surface area contributed by atoms with Gasteiger partial charge >= 0.3 is 0 Å². The first-order valence-electron chi connectivity index (χ1n) is 3.67. The first-order chi connectivity index (χ1) is 6.34. The Balaban J connectivity index is 2.71. The summed E-state index contributed by atoms with van der Waals surface area (Å²) >= 11 is 6.33. The molecular weight excluding hydrogens is 204 g/mol. The molecule has 0 atom stereocenters. The molecular formula is C7H4N4S2. The highest BCUT2D eigenvalue weighted by molar-refractivity contribution is 7.71. The molecule has 6 heteroatoms. The second-order valence-electron chi connectivity index (χ2n) is 2.67. The van der Waals surface area contributed by atoms with Crippen molar-refractivity contribution in [1.29, 1.82) is 0 Å². The van der Waals surface area contributed by atoms with Gasteiger partial charge in [-0.1, -0.05) is 0 Å². The smallest absolute Gasteiger partial charge is 0.220 e. The molecule has 0 amide bonds. The van der Waals surface area contributed by atoms with Crippen LogP contribution in [0.25, 0.3) is 22.1 Å². The summed E-state index contributed by atoms with van der Waals surface area (Å²) in [5.74, 6) is 0. The van der Waals surface area contributed by atoms with E-state index in [4.69, 9.17) is 12.2 Å². The Morgan fingerprint density at radius 2 is 2.15 bits per heavy atom. The third-order valence-corrected chi connectivity index (χ3v) is 2.70. The predicted octanol–water partition coefficient (Wildman–Crippen LogP) is 2.23. The van der Waals surface area contributed by atoms with Gasteiger partial charge in [-0.2, -0.15) is 0 Å². The van der Waals surface area contributed by atoms with Crippen LogP contribution >= 0.6 is 23.9 Å². The summed E-state index contributed by atoms with van der Waals surface area (Å²) in [5, 5.41) is 0. The standard InChI is InChI=1S/C7H4N4S2/c12-7-8-3-1-2-4-6(5(3)9-7)11-13-10-4/h1-2,10-11H. The predicted molar refractivity (Wildman–Crippen MR) is 54.5 cm³/mol.